The van der Waals surface area contributed by atoms with E-state index in [1.54, 1.807) is 0 Å². The van der Waals surface area contributed by atoms with Crippen molar-refractivity contribution in [1.82, 2.24) is 5.32 Å². The molecule has 0 aliphatic carbocycles. The first-order valence-corrected chi connectivity index (χ1v) is 36.2. The first-order valence-electron chi connectivity index (χ1n) is 36.2. The molecule has 1 amide bonds. The van der Waals surface area contributed by atoms with Crippen LogP contribution in [-0.2, 0) is 14.3 Å². The van der Waals surface area contributed by atoms with Crippen molar-refractivity contribution in [2.45, 2.75) is 411 Å². The number of nitrogens with one attached hydrogen (secondary N) is 1. The lowest BCUT2D eigenvalue weighted by Crippen LogP contribution is -2.45. The van der Waals surface area contributed by atoms with Crippen LogP contribution in [0.25, 0.3) is 0 Å². The minimum atomic E-state index is -0.661. The highest BCUT2D eigenvalue weighted by Crippen LogP contribution is 2.19. The van der Waals surface area contributed by atoms with Crippen LogP contribution < -0.4 is 5.32 Å². The molecule has 6 nitrogen and oxygen atoms in total. The number of aliphatic hydroxyl groups excluding tert-OH is 2. The normalized spacial score (nSPS) is 12.7. The Labute approximate surface area is 500 Å². The molecule has 2 atom stereocenters. The Bertz CT molecular complexity index is 1300. The molecule has 0 saturated carbocycles. The molecule has 0 radical (unpaired) electrons. The zero-order chi connectivity index (χ0) is 57.8. The Morgan fingerprint density at radius 2 is 0.625 bits per heavy atom. The van der Waals surface area contributed by atoms with E-state index in [0.29, 0.717) is 25.9 Å². The van der Waals surface area contributed by atoms with Gasteiger partial charge in [0.05, 0.1) is 25.4 Å². The molecule has 0 spiro atoms. The van der Waals surface area contributed by atoms with Gasteiger partial charge in [0.1, 0.15) is 0 Å². The largest absolute Gasteiger partial charge is 0.466 e. The van der Waals surface area contributed by atoms with E-state index in [1.807, 2.05) is 0 Å². The molecule has 0 bridgehead atoms. The number of ether oxygens (including phenoxy) is 1. The number of unbranched alkanes of at least 4 members (excludes halogenated alkanes) is 51. The second kappa shape index (κ2) is 69.6. The molecule has 0 aliphatic rings. The Balaban J connectivity index is 3.33. The summed E-state index contributed by atoms with van der Waals surface area (Å²) in [5, 5.41) is 23.3. The number of aliphatic hydroxyl groups is 2. The molecule has 2 unspecified atom stereocenters. The quantitative estimate of drug-likeness (QED) is 0.0320. The van der Waals surface area contributed by atoms with E-state index in [2.05, 4.69) is 55.6 Å². The molecule has 6 heteroatoms. The molecule has 0 fully saturated rings. The average molecular weight is 1120 g/mol. The fraction of sp³-hybridized carbons (Fsp3) is 0.892. The van der Waals surface area contributed by atoms with Crippen LogP contribution in [0.2, 0.25) is 0 Å². The minimum absolute atomic E-state index is 0.0117. The molecule has 0 aromatic heterocycles. The Hall–Kier alpha value is -1.92. The Morgan fingerprint density at radius 1 is 0.350 bits per heavy atom. The lowest BCUT2D eigenvalue weighted by Gasteiger charge is -2.22. The molecule has 3 N–H and O–H groups in total. The van der Waals surface area contributed by atoms with Crippen molar-refractivity contribution in [2.75, 3.05) is 13.2 Å². The summed E-state index contributed by atoms with van der Waals surface area (Å²) >= 11 is 0. The molecule has 0 heterocycles. The zero-order valence-corrected chi connectivity index (χ0v) is 54.1. The van der Waals surface area contributed by atoms with E-state index in [4.69, 9.17) is 4.74 Å². The molecule has 0 rings (SSSR count). The number of hydrogen-bond acceptors (Lipinski definition) is 5. The van der Waals surface area contributed by atoms with Crippen molar-refractivity contribution >= 4 is 11.9 Å². The van der Waals surface area contributed by atoms with Crippen LogP contribution in [0.15, 0.2) is 36.5 Å². The van der Waals surface area contributed by atoms with Crippen LogP contribution in [0, 0.1) is 0 Å². The highest BCUT2D eigenvalue weighted by atomic mass is 16.5. The monoisotopic (exact) mass is 1120 g/mol. The third-order valence-electron chi connectivity index (χ3n) is 16.9. The second-order valence-corrected chi connectivity index (χ2v) is 24.9. The summed E-state index contributed by atoms with van der Waals surface area (Å²) in [7, 11) is 0. The maximum atomic E-state index is 12.5. The van der Waals surface area contributed by atoms with Crippen molar-refractivity contribution < 1.29 is 24.5 Å². The third kappa shape index (κ3) is 65.2. The van der Waals surface area contributed by atoms with E-state index in [-0.39, 0.29) is 18.5 Å². The highest BCUT2D eigenvalue weighted by molar-refractivity contribution is 5.76. The number of carbonyl (C=O) groups excluding carboxylic acids is 2. The number of hydrogen-bond donors (Lipinski definition) is 3. The number of carbonyl (C=O) groups is 2. The minimum Gasteiger partial charge on any atom is -0.466 e. The van der Waals surface area contributed by atoms with Crippen molar-refractivity contribution in [3.63, 3.8) is 0 Å². The molecule has 472 valence electrons. The lowest BCUT2D eigenvalue weighted by atomic mass is 10.0. The summed E-state index contributed by atoms with van der Waals surface area (Å²) in [6, 6.07) is -0.538. The third-order valence-corrected chi connectivity index (χ3v) is 16.9. The topological polar surface area (TPSA) is 95.9 Å². The van der Waals surface area contributed by atoms with Gasteiger partial charge in [-0.2, -0.15) is 0 Å². The summed E-state index contributed by atoms with van der Waals surface area (Å²) in [6.45, 7) is 4.96. The van der Waals surface area contributed by atoms with Crippen LogP contribution in [0.5, 0.6) is 0 Å². The van der Waals surface area contributed by atoms with Gasteiger partial charge in [-0.15, -0.1) is 0 Å². The van der Waals surface area contributed by atoms with Crippen LogP contribution in [0.3, 0.4) is 0 Å². The van der Waals surface area contributed by atoms with Gasteiger partial charge in [0.15, 0.2) is 0 Å². The SMILES string of the molecule is CCCCCC/C=C\C/C=C\CCCCCCCCCC(=O)OCCCCCCCCCCCCCC/C=C\CCCCCCCCCCCCCCCCCCCC(=O)NC(CO)C(O)CCCCCCCCCCCCCC. The van der Waals surface area contributed by atoms with Gasteiger partial charge in [0, 0.05) is 12.8 Å². The zero-order valence-electron chi connectivity index (χ0n) is 54.1. The van der Waals surface area contributed by atoms with E-state index in [9.17, 15) is 19.8 Å². The fourth-order valence-corrected chi connectivity index (χ4v) is 11.4. The van der Waals surface area contributed by atoms with E-state index < -0.39 is 12.1 Å². The van der Waals surface area contributed by atoms with Crippen LogP contribution in [-0.4, -0.2) is 47.4 Å². The van der Waals surface area contributed by atoms with E-state index in [1.165, 1.54) is 315 Å². The summed E-state index contributed by atoms with van der Waals surface area (Å²) in [5.74, 6) is -0.0189. The molecule has 0 aromatic carbocycles. The standard InChI is InChI=1S/C74H141NO5/c1-3-5-7-9-11-13-15-17-18-19-38-41-44-48-52-56-60-64-68-74(79)80-69-65-61-57-53-49-45-42-39-36-34-32-30-28-26-24-22-20-21-23-25-27-29-31-33-35-37-40-43-47-51-55-59-63-67-73(78)75-71(70-76)72(77)66-62-58-54-50-46-16-14-12-10-8-6-4-2/h13,15,18-19,24,26,71-72,76-77H,3-12,14,16-17,20-23,25,27-70H2,1-2H3,(H,75,78)/b15-13-,19-18-,26-24-. The molecular formula is C74H141NO5. The van der Waals surface area contributed by atoms with Gasteiger partial charge in [-0.1, -0.05) is 339 Å². The number of esters is 1. The molecule has 0 saturated heterocycles. The van der Waals surface area contributed by atoms with Gasteiger partial charge in [0.2, 0.25) is 5.91 Å². The van der Waals surface area contributed by atoms with Gasteiger partial charge in [-0.3, -0.25) is 9.59 Å². The van der Waals surface area contributed by atoms with Crippen LogP contribution in [0.4, 0.5) is 0 Å². The Kier molecular flexibility index (Phi) is 67.9. The van der Waals surface area contributed by atoms with Crippen molar-refractivity contribution in [3.8, 4) is 0 Å². The maximum absolute atomic E-state index is 12.5. The molecule has 80 heavy (non-hydrogen) atoms. The smallest absolute Gasteiger partial charge is 0.305 e. The highest BCUT2D eigenvalue weighted by Gasteiger charge is 2.20. The molecular weight excluding hydrogens is 983 g/mol. The second-order valence-electron chi connectivity index (χ2n) is 24.9. The Morgan fingerprint density at radius 3 is 0.975 bits per heavy atom. The summed E-state index contributed by atoms with van der Waals surface area (Å²) in [6.07, 6.45) is 89.3. The maximum Gasteiger partial charge on any atom is 0.305 e. The predicted molar refractivity (Wildman–Crippen MR) is 352 cm³/mol. The molecule has 0 aliphatic heterocycles. The predicted octanol–water partition coefficient (Wildman–Crippen LogP) is 23.5. The van der Waals surface area contributed by atoms with Gasteiger partial charge >= 0.3 is 5.97 Å². The average Bonchev–Trinajstić information content (AvgIpc) is 3.46. The first kappa shape index (κ1) is 78.1. The van der Waals surface area contributed by atoms with Crippen LogP contribution in [0.1, 0.15) is 399 Å². The van der Waals surface area contributed by atoms with E-state index >= 15 is 0 Å². The summed E-state index contributed by atoms with van der Waals surface area (Å²) in [4.78, 5) is 24.6. The summed E-state index contributed by atoms with van der Waals surface area (Å²) in [5.41, 5.74) is 0. The van der Waals surface area contributed by atoms with Crippen LogP contribution >= 0.6 is 0 Å². The van der Waals surface area contributed by atoms with Crippen molar-refractivity contribution in [2.24, 2.45) is 0 Å². The number of allylic oxidation sites excluding steroid dienone is 6. The lowest BCUT2D eigenvalue weighted by molar-refractivity contribution is -0.143. The summed E-state index contributed by atoms with van der Waals surface area (Å²) < 4.78 is 5.50. The van der Waals surface area contributed by atoms with Gasteiger partial charge in [-0.05, 0) is 83.5 Å². The van der Waals surface area contributed by atoms with Gasteiger partial charge < -0.3 is 20.3 Å². The molecule has 0 aromatic rings. The number of rotatable bonds is 68. The fourth-order valence-electron chi connectivity index (χ4n) is 11.4. The van der Waals surface area contributed by atoms with Gasteiger partial charge in [0.25, 0.3) is 0 Å². The number of amides is 1. The van der Waals surface area contributed by atoms with Crippen molar-refractivity contribution in [1.29, 1.82) is 0 Å². The van der Waals surface area contributed by atoms with Gasteiger partial charge in [-0.25, -0.2) is 0 Å². The van der Waals surface area contributed by atoms with Crippen molar-refractivity contribution in [3.05, 3.63) is 36.5 Å². The first-order chi connectivity index (χ1) is 39.5. The van der Waals surface area contributed by atoms with E-state index in [0.717, 1.165) is 51.4 Å².